The maximum Gasteiger partial charge on any atom is 0.410 e. The second-order valence-electron chi connectivity index (χ2n) is 18.6. The van der Waals surface area contributed by atoms with Crippen LogP contribution in [0.2, 0.25) is 0 Å². The van der Waals surface area contributed by atoms with Crippen molar-refractivity contribution in [3.8, 4) is 0 Å². The van der Waals surface area contributed by atoms with Gasteiger partial charge in [-0.15, -0.1) is 0 Å². The lowest BCUT2D eigenvalue weighted by atomic mass is 9.87. The van der Waals surface area contributed by atoms with Gasteiger partial charge in [0.1, 0.15) is 5.60 Å². The summed E-state index contributed by atoms with van der Waals surface area (Å²) in [7, 11) is -7.15. The van der Waals surface area contributed by atoms with E-state index >= 15 is 0 Å². The third kappa shape index (κ3) is 9.49. The number of hydrogen-bond acceptors (Lipinski definition) is 9. The van der Waals surface area contributed by atoms with Crippen LogP contribution in [0.4, 0.5) is 4.79 Å². The van der Waals surface area contributed by atoms with Gasteiger partial charge in [0.25, 0.3) is 11.8 Å². The molecule has 0 radical (unpaired) electrons. The van der Waals surface area contributed by atoms with E-state index in [0.717, 1.165) is 27.8 Å². The number of sulfone groups is 2. The minimum atomic E-state index is -3.69. The Hall–Kier alpha value is -5.57. The summed E-state index contributed by atoms with van der Waals surface area (Å²) in [5, 5.41) is 3.28. The molecular weight excluding hydrogens is 885 g/mol. The van der Waals surface area contributed by atoms with Gasteiger partial charge in [-0.25, -0.2) is 21.6 Å². The van der Waals surface area contributed by atoms with Crippen LogP contribution < -0.4 is 5.32 Å². The van der Waals surface area contributed by atoms with E-state index in [9.17, 15) is 31.2 Å². The van der Waals surface area contributed by atoms with E-state index in [2.05, 4.69) is 5.32 Å². The first-order chi connectivity index (χ1) is 31.9. The monoisotopic (exact) mass is 948 g/mol. The highest BCUT2D eigenvalue weighted by Gasteiger charge is 2.50. The molecule has 0 bridgehead atoms. The smallest absolute Gasteiger partial charge is 0.410 e. The number of amides is 3. The number of carbonyl (C=O) groups excluding carboxylic acids is 3. The van der Waals surface area contributed by atoms with Gasteiger partial charge in [-0.1, -0.05) is 72.8 Å². The fourth-order valence-electron chi connectivity index (χ4n) is 9.64. The van der Waals surface area contributed by atoms with Crippen molar-refractivity contribution < 1.29 is 36.0 Å². The average Bonchev–Trinajstić information content (AvgIpc) is 3.33. The average molecular weight is 949 g/mol. The molecule has 0 unspecified atom stereocenters. The summed E-state index contributed by atoms with van der Waals surface area (Å²) in [6, 6.07) is 29.3. The molecule has 4 aromatic rings. The standard InChI is InChI=1S/C29H36N2O5S.C24H28N2O3S/c1-6-30(7-2)26(32)22-14-12-21(13-15-22)24-20-29(37(34,35)25-11-9-8-10-23(24)25)16-18-31(19-17-29)27(33)36-28(3,4)5;1-3-26(4-2)23(27)19-11-9-18(10-12-19)21-17-24(13-15-25-16-14-24)30(28,29)22-8-6-5-7-20(21)22/h8-15,20H,6-7,16-19H2,1-5H3;5-12,17,25H,3-4,13-16H2,1-2H3. The Morgan fingerprint density at radius 3 is 1.33 bits per heavy atom. The van der Waals surface area contributed by atoms with Crippen molar-refractivity contribution in [2.75, 3.05) is 52.4 Å². The van der Waals surface area contributed by atoms with Crippen molar-refractivity contribution in [1.29, 1.82) is 0 Å². The van der Waals surface area contributed by atoms with E-state index in [4.69, 9.17) is 4.74 Å². The summed E-state index contributed by atoms with van der Waals surface area (Å²) in [5.41, 5.74) is 5.59. The summed E-state index contributed by atoms with van der Waals surface area (Å²) in [6.45, 7) is 17.8. The Balaban J connectivity index is 0.000000203. The largest absolute Gasteiger partial charge is 0.444 e. The molecule has 14 heteroatoms. The maximum absolute atomic E-state index is 13.9. The molecular formula is C53H64N4O8S2. The number of rotatable bonds is 8. The lowest BCUT2D eigenvalue weighted by Crippen LogP contribution is -2.51. The molecule has 1 N–H and O–H groups in total. The third-order valence-corrected chi connectivity index (χ3v) is 18.6. The van der Waals surface area contributed by atoms with Gasteiger partial charge in [-0.05, 0) is 146 Å². The quantitative estimate of drug-likeness (QED) is 0.183. The number of ether oxygens (including phenoxy) is 1. The summed E-state index contributed by atoms with van der Waals surface area (Å²) in [4.78, 5) is 43.9. The first kappa shape index (κ1) is 49.3. The zero-order valence-electron chi connectivity index (χ0n) is 39.8. The van der Waals surface area contributed by atoms with Crippen molar-refractivity contribution in [2.24, 2.45) is 0 Å². The number of likely N-dealkylation sites (tertiary alicyclic amines) is 1. The van der Waals surface area contributed by atoms with E-state index in [1.165, 1.54) is 0 Å². The van der Waals surface area contributed by atoms with Gasteiger partial charge in [0, 0.05) is 61.5 Å². The highest BCUT2D eigenvalue weighted by Crippen LogP contribution is 2.48. The van der Waals surface area contributed by atoms with Crippen molar-refractivity contribution in [1.82, 2.24) is 20.0 Å². The number of hydrogen-bond donors (Lipinski definition) is 1. The molecule has 0 atom stereocenters. The summed E-state index contributed by atoms with van der Waals surface area (Å²) in [5.74, 6) is -0.00915. The Bertz CT molecular complexity index is 2770. The van der Waals surface area contributed by atoms with Gasteiger partial charge in [0.2, 0.25) is 0 Å². The first-order valence-corrected chi connectivity index (χ1v) is 26.4. The zero-order chi connectivity index (χ0) is 48.4. The van der Waals surface area contributed by atoms with Gasteiger partial charge in [-0.2, -0.15) is 0 Å². The Kier molecular flexibility index (Phi) is 14.4. The first-order valence-electron chi connectivity index (χ1n) is 23.5. The molecule has 2 spiro atoms. The van der Waals surface area contributed by atoms with Gasteiger partial charge in [0.15, 0.2) is 19.7 Å². The van der Waals surface area contributed by atoms with Crippen LogP contribution >= 0.6 is 0 Å². The molecule has 4 aliphatic heterocycles. The van der Waals surface area contributed by atoms with Crippen LogP contribution in [0, 0.1) is 0 Å². The third-order valence-electron chi connectivity index (χ3n) is 13.5. The molecule has 4 aromatic carbocycles. The number of piperidine rings is 2. The highest BCUT2D eigenvalue weighted by molar-refractivity contribution is 7.93. The highest BCUT2D eigenvalue weighted by atomic mass is 32.2. The maximum atomic E-state index is 13.9. The topological polar surface area (TPSA) is 150 Å². The molecule has 0 aromatic heterocycles. The summed E-state index contributed by atoms with van der Waals surface area (Å²) < 4.78 is 58.4. The molecule has 4 aliphatic rings. The molecule has 0 saturated carbocycles. The van der Waals surface area contributed by atoms with Gasteiger partial charge in [0.05, 0.1) is 19.3 Å². The Labute approximate surface area is 396 Å². The summed E-state index contributed by atoms with van der Waals surface area (Å²) in [6.07, 6.45) is 5.10. The van der Waals surface area contributed by atoms with Gasteiger partial charge in [-0.3, -0.25) is 9.59 Å². The van der Waals surface area contributed by atoms with Gasteiger partial charge < -0.3 is 24.8 Å². The van der Waals surface area contributed by atoms with Crippen LogP contribution in [0.3, 0.4) is 0 Å². The van der Waals surface area contributed by atoms with E-state index in [1.807, 2.05) is 121 Å². The number of fused-ring (bicyclic) bond motifs is 2. The van der Waals surface area contributed by atoms with Crippen molar-refractivity contribution >= 4 is 48.7 Å². The Morgan fingerprint density at radius 1 is 0.582 bits per heavy atom. The molecule has 4 heterocycles. The van der Waals surface area contributed by atoms with Crippen molar-refractivity contribution in [3.05, 3.63) is 143 Å². The van der Waals surface area contributed by atoms with Crippen LogP contribution in [0.25, 0.3) is 11.1 Å². The van der Waals surface area contributed by atoms with E-state index in [1.54, 1.807) is 51.1 Å². The van der Waals surface area contributed by atoms with Crippen LogP contribution in [0.5, 0.6) is 0 Å². The normalized spacial score (nSPS) is 18.5. The van der Waals surface area contributed by atoms with Crippen LogP contribution in [-0.2, 0) is 24.4 Å². The molecule has 12 nitrogen and oxygen atoms in total. The number of nitrogens with one attached hydrogen (secondary N) is 1. The zero-order valence-corrected chi connectivity index (χ0v) is 41.4. The predicted octanol–water partition coefficient (Wildman–Crippen LogP) is 8.67. The lowest BCUT2D eigenvalue weighted by molar-refractivity contribution is 0.0204. The summed E-state index contributed by atoms with van der Waals surface area (Å²) >= 11 is 0. The van der Waals surface area contributed by atoms with Crippen LogP contribution in [0.15, 0.2) is 119 Å². The van der Waals surface area contributed by atoms with E-state index in [0.29, 0.717) is 78.6 Å². The Morgan fingerprint density at radius 2 is 0.955 bits per heavy atom. The molecule has 2 fully saturated rings. The molecule has 3 amide bonds. The molecule has 8 rings (SSSR count). The predicted molar refractivity (Wildman–Crippen MR) is 263 cm³/mol. The van der Waals surface area contributed by atoms with Crippen molar-refractivity contribution in [2.45, 2.75) is 99.0 Å². The minimum Gasteiger partial charge on any atom is -0.444 e. The molecule has 67 heavy (non-hydrogen) atoms. The lowest BCUT2D eigenvalue weighted by Gasteiger charge is -2.42. The molecule has 356 valence electrons. The number of carbonyl (C=O) groups is 3. The van der Waals surface area contributed by atoms with Crippen LogP contribution in [0.1, 0.15) is 117 Å². The number of benzene rings is 4. The van der Waals surface area contributed by atoms with Gasteiger partial charge >= 0.3 is 6.09 Å². The minimum absolute atomic E-state index is 0.0157. The fraction of sp³-hybridized carbons (Fsp3) is 0.415. The SMILES string of the molecule is CCN(CC)C(=O)c1ccc(C2=CC3(CCN(C(=O)OC(C)(C)C)CC3)S(=O)(=O)c3ccccc32)cc1.CCN(CC)C(=O)c1ccc(C2=CC3(CCNCC3)S(=O)(=O)c3ccccc32)cc1. The second kappa shape index (κ2) is 19.6. The van der Waals surface area contributed by atoms with E-state index < -0.39 is 40.9 Å². The van der Waals surface area contributed by atoms with Crippen LogP contribution in [-0.4, -0.2) is 117 Å². The molecule has 2 saturated heterocycles. The number of nitrogens with zero attached hydrogens (tertiary/aromatic N) is 3. The fourth-order valence-corrected chi connectivity index (χ4v) is 14.0. The van der Waals surface area contributed by atoms with E-state index in [-0.39, 0.29) is 37.7 Å². The second-order valence-corrected chi connectivity index (χ2v) is 23.1. The van der Waals surface area contributed by atoms with Crippen molar-refractivity contribution in [3.63, 3.8) is 0 Å². The molecule has 0 aliphatic carbocycles.